The smallest absolute Gasteiger partial charge is 0.410 e. The summed E-state index contributed by atoms with van der Waals surface area (Å²) >= 11 is 0. The van der Waals surface area contributed by atoms with E-state index in [4.69, 9.17) is 10.3 Å². The number of carbonyl (C=O) groups is 3. The van der Waals surface area contributed by atoms with Crippen molar-refractivity contribution >= 4 is 17.9 Å². The molecule has 0 radical (unpaired) electrons. The van der Waals surface area contributed by atoms with Gasteiger partial charge < -0.3 is 9.64 Å². The normalized spacial score (nSPS) is 21.9. The summed E-state index contributed by atoms with van der Waals surface area (Å²) in [6.07, 6.45) is -0.219. The van der Waals surface area contributed by atoms with Crippen LogP contribution in [0.2, 0.25) is 0 Å². The molecule has 1 aromatic rings. The first-order valence-corrected chi connectivity index (χ1v) is 8.70. The lowest BCUT2D eigenvalue weighted by Gasteiger charge is -2.28. The molecular formula is C18H21N5O4. The summed E-state index contributed by atoms with van der Waals surface area (Å²) in [5.74, 6) is -0.733. The minimum Gasteiger partial charge on any atom is -0.444 e. The molecule has 2 aliphatic heterocycles. The molecular weight excluding hydrogens is 350 g/mol. The van der Waals surface area contributed by atoms with Gasteiger partial charge in [-0.05, 0) is 44.9 Å². The molecule has 1 aromatic carbocycles. The predicted octanol–water partition coefficient (Wildman–Crippen LogP) is 2.97. The summed E-state index contributed by atoms with van der Waals surface area (Å²) < 4.78 is 5.42. The summed E-state index contributed by atoms with van der Waals surface area (Å²) in [5, 5.41) is 3.56. The molecule has 9 nitrogen and oxygen atoms in total. The molecule has 0 bridgehead atoms. The van der Waals surface area contributed by atoms with E-state index in [1.165, 1.54) is 9.80 Å². The van der Waals surface area contributed by atoms with Gasteiger partial charge in [0.1, 0.15) is 5.60 Å². The zero-order valence-electron chi connectivity index (χ0n) is 15.5. The zero-order chi connectivity index (χ0) is 19.8. The van der Waals surface area contributed by atoms with Crippen LogP contribution in [0.3, 0.4) is 0 Å². The van der Waals surface area contributed by atoms with Gasteiger partial charge in [-0.25, -0.2) is 4.79 Å². The number of hydrogen-bond acceptors (Lipinski definition) is 5. The van der Waals surface area contributed by atoms with E-state index in [1.54, 1.807) is 45.0 Å². The molecule has 1 fully saturated rings. The summed E-state index contributed by atoms with van der Waals surface area (Å²) in [6.45, 7) is 5.46. The Balaban J connectivity index is 1.84. The van der Waals surface area contributed by atoms with Gasteiger partial charge >= 0.3 is 6.09 Å². The number of carbonyl (C=O) groups excluding carboxylic acids is 3. The molecule has 0 aromatic heterocycles. The van der Waals surface area contributed by atoms with Crippen LogP contribution in [0.15, 0.2) is 29.4 Å². The van der Waals surface area contributed by atoms with Gasteiger partial charge in [0, 0.05) is 24.0 Å². The number of benzene rings is 1. The molecule has 0 saturated carbocycles. The van der Waals surface area contributed by atoms with Crippen molar-refractivity contribution in [2.75, 3.05) is 13.1 Å². The Kier molecular flexibility index (Phi) is 4.80. The topological polar surface area (TPSA) is 116 Å². The van der Waals surface area contributed by atoms with Gasteiger partial charge in [0.25, 0.3) is 11.8 Å². The van der Waals surface area contributed by atoms with E-state index in [9.17, 15) is 14.4 Å². The fourth-order valence-corrected chi connectivity index (χ4v) is 3.47. The number of hydrogen-bond donors (Lipinski definition) is 0. The van der Waals surface area contributed by atoms with Crippen molar-refractivity contribution in [3.8, 4) is 0 Å². The Morgan fingerprint density at radius 3 is 2.37 bits per heavy atom. The lowest BCUT2D eigenvalue weighted by atomic mass is 10.1. The van der Waals surface area contributed by atoms with Crippen molar-refractivity contribution in [3.63, 3.8) is 0 Å². The minimum atomic E-state index is -0.687. The third kappa shape index (κ3) is 3.59. The second kappa shape index (κ2) is 6.92. The standard InChI is InChI=1S/C18H21N5O4/c1-18(2,3)27-17(26)22-10-12(8-11(22)9-20-21-19)23-15(24)13-6-4-5-7-14(13)16(23)25/h4-7,11-12H,8-10H2,1-3H3. The molecule has 9 heteroatoms. The highest BCUT2D eigenvalue weighted by atomic mass is 16.6. The fraction of sp³-hybridized carbons (Fsp3) is 0.500. The second-order valence-corrected chi connectivity index (χ2v) is 7.62. The van der Waals surface area contributed by atoms with Crippen molar-refractivity contribution < 1.29 is 19.1 Å². The Labute approximate surface area is 156 Å². The van der Waals surface area contributed by atoms with Crippen molar-refractivity contribution in [3.05, 3.63) is 45.8 Å². The SMILES string of the molecule is CC(C)(C)OC(=O)N1CC(N2C(=O)c3ccccc3C2=O)CC1CN=[N+]=[N-]. The number of rotatable bonds is 3. The van der Waals surface area contributed by atoms with Gasteiger partial charge in [-0.2, -0.15) is 0 Å². The summed E-state index contributed by atoms with van der Waals surface area (Å²) in [4.78, 5) is 43.4. The average Bonchev–Trinajstić information content (AvgIpc) is 3.12. The zero-order valence-corrected chi connectivity index (χ0v) is 15.5. The van der Waals surface area contributed by atoms with Crippen LogP contribution in [0.1, 0.15) is 47.9 Å². The highest BCUT2D eigenvalue weighted by Crippen LogP contribution is 2.31. The van der Waals surface area contributed by atoms with Gasteiger partial charge in [-0.1, -0.05) is 17.2 Å². The minimum absolute atomic E-state index is 0.0510. The molecule has 2 heterocycles. The molecule has 2 unspecified atom stereocenters. The molecule has 142 valence electrons. The van der Waals surface area contributed by atoms with Gasteiger partial charge in [-0.3, -0.25) is 14.5 Å². The van der Waals surface area contributed by atoms with Crippen molar-refractivity contribution in [2.24, 2.45) is 5.11 Å². The first-order chi connectivity index (χ1) is 12.7. The van der Waals surface area contributed by atoms with Crippen molar-refractivity contribution in [1.29, 1.82) is 0 Å². The van der Waals surface area contributed by atoms with Crippen molar-refractivity contribution in [1.82, 2.24) is 9.80 Å². The van der Waals surface area contributed by atoms with Crippen LogP contribution in [0.4, 0.5) is 4.79 Å². The summed E-state index contributed by atoms with van der Waals surface area (Å²) in [5.41, 5.74) is 8.67. The van der Waals surface area contributed by atoms with E-state index < -0.39 is 23.8 Å². The van der Waals surface area contributed by atoms with Gasteiger partial charge in [-0.15, -0.1) is 0 Å². The molecule has 0 N–H and O–H groups in total. The van der Waals surface area contributed by atoms with E-state index in [1.807, 2.05) is 0 Å². The van der Waals surface area contributed by atoms with Gasteiger partial charge in [0.2, 0.25) is 0 Å². The maximum Gasteiger partial charge on any atom is 0.410 e. The third-order valence-electron chi connectivity index (χ3n) is 4.57. The fourth-order valence-electron chi connectivity index (χ4n) is 3.47. The number of nitrogens with zero attached hydrogens (tertiary/aromatic N) is 5. The quantitative estimate of drug-likeness (QED) is 0.351. The summed E-state index contributed by atoms with van der Waals surface area (Å²) in [7, 11) is 0. The van der Waals surface area contributed by atoms with Crippen LogP contribution >= 0.6 is 0 Å². The third-order valence-corrected chi connectivity index (χ3v) is 4.57. The molecule has 3 amide bonds. The predicted molar refractivity (Wildman–Crippen MR) is 96.1 cm³/mol. The Morgan fingerprint density at radius 1 is 1.26 bits per heavy atom. The van der Waals surface area contributed by atoms with E-state index in [0.717, 1.165) is 0 Å². The largest absolute Gasteiger partial charge is 0.444 e. The molecule has 1 saturated heterocycles. The van der Waals surface area contributed by atoms with Crippen LogP contribution in [0.5, 0.6) is 0 Å². The Morgan fingerprint density at radius 2 is 1.85 bits per heavy atom. The maximum absolute atomic E-state index is 12.7. The first kappa shape index (κ1) is 18.7. The number of amides is 3. The lowest BCUT2D eigenvalue weighted by molar-refractivity contribution is 0.0217. The average molecular weight is 371 g/mol. The second-order valence-electron chi connectivity index (χ2n) is 7.62. The van der Waals surface area contributed by atoms with E-state index >= 15 is 0 Å². The van der Waals surface area contributed by atoms with E-state index in [-0.39, 0.29) is 24.9 Å². The van der Waals surface area contributed by atoms with Crippen LogP contribution in [-0.2, 0) is 4.74 Å². The molecule has 3 rings (SSSR count). The van der Waals surface area contributed by atoms with E-state index in [0.29, 0.717) is 17.5 Å². The lowest BCUT2D eigenvalue weighted by Crippen LogP contribution is -2.44. The van der Waals surface area contributed by atoms with Crippen LogP contribution in [-0.4, -0.2) is 58.5 Å². The van der Waals surface area contributed by atoms with Gasteiger partial charge in [0.15, 0.2) is 0 Å². The maximum atomic E-state index is 12.7. The Hall–Kier alpha value is -3.06. The van der Waals surface area contributed by atoms with Crippen LogP contribution in [0.25, 0.3) is 10.4 Å². The van der Waals surface area contributed by atoms with Crippen LogP contribution in [0, 0.1) is 0 Å². The number of azide groups is 1. The number of imide groups is 1. The molecule has 2 atom stereocenters. The van der Waals surface area contributed by atoms with Gasteiger partial charge in [0.05, 0.1) is 17.2 Å². The number of ether oxygens (including phenoxy) is 1. The highest BCUT2D eigenvalue weighted by Gasteiger charge is 2.46. The molecule has 2 aliphatic rings. The molecule has 0 aliphatic carbocycles. The van der Waals surface area contributed by atoms with Crippen molar-refractivity contribution in [2.45, 2.75) is 44.9 Å². The van der Waals surface area contributed by atoms with E-state index in [2.05, 4.69) is 10.0 Å². The number of fused-ring (bicyclic) bond motifs is 1. The summed E-state index contributed by atoms with van der Waals surface area (Å²) in [6, 6.07) is 5.72. The van der Waals surface area contributed by atoms with Crippen LogP contribution < -0.4 is 0 Å². The number of likely N-dealkylation sites (tertiary alicyclic amines) is 1. The monoisotopic (exact) mass is 371 g/mol. The highest BCUT2D eigenvalue weighted by molar-refractivity contribution is 6.21. The molecule has 0 spiro atoms. The first-order valence-electron chi connectivity index (χ1n) is 8.70. The Bertz CT molecular complexity index is 805. The molecule has 27 heavy (non-hydrogen) atoms.